The number of ether oxygens (including phenoxy) is 4. The topological polar surface area (TPSA) is 57.2 Å². The number of aliphatic hydroxyl groups is 1. The van der Waals surface area contributed by atoms with E-state index in [2.05, 4.69) is 18.2 Å². The van der Waals surface area contributed by atoms with Crippen molar-refractivity contribution in [1.29, 1.82) is 0 Å². The highest BCUT2D eigenvalue weighted by atomic mass is 35.5. The molecular weight excluding hydrogens is 392 g/mol. The van der Waals surface area contributed by atoms with E-state index in [1.54, 1.807) is 0 Å². The van der Waals surface area contributed by atoms with Gasteiger partial charge in [0.05, 0.1) is 38.6 Å². The third-order valence-corrected chi connectivity index (χ3v) is 5.80. The molecule has 2 aliphatic heterocycles. The van der Waals surface area contributed by atoms with Gasteiger partial charge < -0.3 is 24.1 Å². The molecule has 2 saturated heterocycles. The molecule has 6 heteroatoms. The molecule has 2 fully saturated rings. The maximum atomic E-state index is 10.6. The fourth-order valence-corrected chi connectivity index (χ4v) is 4.16. The molecule has 29 heavy (non-hydrogen) atoms. The SMILES string of the molecule is CCOc1ccc(Cc2cc(C3CC(O)[C@@H]4OCCOCC4O3)ccc2Cl)cc1. The Morgan fingerprint density at radius 1 is 1.14 bits per heavy atom. The number of aliphatic hydroxyl groups excluding tert-OH is 1. The number of hydrogen-bond acceptors (Lipinski definition) is 5. The van der Waals surface area contributed by atoms with Gasteiger partial charge in [-0.05, 0) is 48.2 Å². The minimum atomic E-state index is -0.578. The summed E-state index contributed by atoms with van der Waals surface area (Å²) in [5.74, 6) is 0.864. The standard InChI is InChI=1S/C23H27ClO5/c1-2-27-18-6-3-15(4-7-18)11-17-12-16(5-8-19(17)24)21-13-20(25)23-22(29-21)14-26-9-10-28-23/h3-8,12,20-23,25H,2,9-11,13-14H2,1H3/t20?,21?,22?,23-/m0/s1. The monoisotopic (exact) mass is 418 g/mol. The molecule has 2 aromatic carbocycles. The van der Waals surface area contributed by atoms with Crippen LogP contribution in [0.15, 0.2) is 42.5 Å². The fourth-order valence-electron chi connectivity index (χ4n) is 3.98. The Morgan fingerprint density at radius 2 is 1.97 bits per heavy atom. The van der Waals surface area contributed by atoms with Crippen molar-refractivity contribution in [2.45, 2.75) is 44.2 Å². The summed E-state index contributed by atoms with van der Waals surface area (Å²) in [6, 6.07) is 14.0. The fraction of sp³-hybridized carbons (Fsp3) is 0.478. The van der Waals surface area contributed by atoms with Gasteiger partial charge in [0.25, 0.3) is 0 Å². The molecule has 0 aliphatic carbocycles. The van der Waals surface area contributed by atoms with Crippen molar-refractivity contribution >= 4 is 11.6 Å². The first-order chi connectivity index (χ1) is 14.1. The Labute approximate surface area is 176 Å². The van der Waals surface area contributed by atoms with E-state index in [9.17, 15) is 5.11 Å². The molecule has 0 saturated carbocycles. The molecule has 4 atom stereocenters. The maximum absolute atomic E-state index is 10.6. The van der Waals surface area contributed by atoms with Gasteiger partial charge in [0.2, 0.25) is 0 Å². The van der Waals surface area contributed by atoms with Crippen LogP contribution in [0.25, 0.3) is 0 Å². The zero-order valence-electron chi connectivity index (χ0n) is 16.6. The van der Waals surface area contributed by atoms with Crippen LogP contribution in [0.1, 0.15) is 36.1 Å². The third-order valence-electron chi connectivity index (χ3n) is 5.43. The minimum Gasteiger partial charge on any atom is -0.494 e. The van der Waals surface area contributed by atoms with Crippen molar-refractivity contribution in [2.24, 2.45) is 0 Å². The highest BCUT2D eigenvalue weighted by molar-refractivity contribution is 6.31. The van der Waals surface area contributed by atoms with Crippen LogP contribution in [0.5, 0.6) is 5.75 Å². The Morgan fingerprint density at radius 3 is 2.76 bits per heavy atom. The molecule has 1 N–H and O–H groups in total. The molecule has 0 spiro atoms. The molecule has 0 bridgehead atoms. The van der Waals surface area contributed by atoms with Gasteiger partial charge in [-0.15, -0.1) is 0 Å². The van der Waals surface area contributed by atoms with Crippen molar-refractivity contribution in [3.8, 4) is 5.75 Å². The summed E-state index contributed by atoms with van der Waals surface area (Å²) in [4.78, 5) is 0. The summed E-state index contributed by atoms with van der Waals surface area (Å²) in [7, 11) is 0. The molecule has 0 radical (unpaired) electrons. The first-order valence-corrected chi connectivity index (χ1v) is 10.5. The van der Waals surface area contributed by atoms with E-state index in [-0.39, 0.29) is 18.3 Å². The largest absolute Gasteiger partial charge is 0.494 e. The second kappa shape index (κ2) is 9.45. The van der Waals surface area contributed by atoms with Gasteiger partial charge in [0, 0.05) is 11.4 Å². The first-order valence-electron chi connectivity index (χ1n) is 10.2. The normalized spacial score (nSPS) is 27.1. The second-order valence-electron chi connectivity index (χ2n) is 7.48. The lowest BCUT2D eigenvalue weighted by molar-refractivity contribution is -0.185. The van der Waals surface area contributed by atoms with Crippen molar-refractivity contribution in [1.82, 2.24) is 0 Å². The lowest BCUT2D eigenvalue weighted by Gasteiger charge is -2.38. The van der Waals surface area contributed by atoms with Crippen molar-refractivity contribution in [3.05, 3.63) is 64.2 Å². The smallest absolute Gasteiger partial charge is 0.119 e. The Kier molecular flexibility index (Phi) is 6.73. The molecular formula is C23H27ClO5. The quantitative estimate of drug-likeness (QED) is 0.797. The van der Waals surface area contributed by atoms with Gasteiger partial charge in [-0.1, -0.05) is 35.9 Å². The van der Waals surface area contributed by atoms with E-state index in [1.807, 2.05) is 31.2 Å². The van der Waals surface area contributed by atoms with E-state index >= 15 is 0 Å². The lowest BCUT2D eigenvalue weighted by atomic mass is 9.92. The first kappa shape index (κ1) is 20.6. The van der Waals surface area contributed by atoms with E-state index in [0.717, 1.165) is 27.5 Å². The second-order valence-corrected chi connectivity index (χ2v) is 7.89. The Balaban J connectivity index is 1.50. The predicted molar refractivity (Wildman–Crippen MR) is 111 cm³/mol. The van der Waals surface area contributed by atoms with E-state index in [0.29, 0.717) is 39.3 Å². The number of hydrogen-bond donors (Lipinski definition) is 1. The van der Waals surface area contributed by atoms with Crippen LogP contribution in [0.3, 0.4) is 0 Å². The molecule has 0 aromatic heterocycles. The van der Waals surface area contributed by atoms with Crippen molar-refractivity contribution in [3.63, 3.8) is 0 Å². The van der Waals surface area contributed by atoms with Gasteiger partial charge in [-0.3, -0.25) is 0 Å². The van der Waals surface area contributed by atoms with Crippen LogP contribution in [0.4, 0.5) is 0 Å². The van der Waals surface area contributed by atoms with Crippen LogP contribution >= 0.6 is 11.6 Å². The highest BCUT2D eigenvalue weighted by Crippen LogP contribution is 2.35. The maximum Gasteiger partial charge on any atom is 0.119 e. The third kappa shape index (κ3) is 4.93. The number of rotatable bonds is 5. The van der Waals surface area contributed by atoms with Crippen LogP contribution in [0, 0.1) is 0 Å². The summed E-state index contributed by atoms with van der Waals surface area (Å²) >= 11 is 6.47. The molecule has 5 nitrogen and oxygen atoms in total. The summed E-state index contributed by atoms with van der Waals surface area (Å²) in [5.41, 5.74) is 3.20. The summed E-state index contributed by atoms with van der Waals surface area (Å²) < 4.78 is 23.0. The predicted octanol–water partition coefficient (Wildman–Crippen LogP) is 3.94. The van der Waals surface area contributed by atoms with Gasteiger partial charge in [-0.2, -0.15) is 0 Å². The van der Waals surface area contributed by atoms with Gasteiger partial charge >= 0.3 is 0 Å². The molecule has 3 unspecified atom stereocenters. The van der Waals surface area contributed by atoms with Crippen LogP contribution in [-0.4, -0.2) is 49.8 Å². The highest BCUT2D eigenvalue weighted by Gasteiger charge is 2.40. The minimum absolute atomic E-state index is 0.215. The summed E-state index contributed by atoms with van der Waals surface area (Å²) in [5, 5.41) is 11.3. The summed E-state index contributed by atoms with van der Waals surface area (Å²) in [6.45, 7) is 4.07. The summed E-state index contributed by atoms with van der Waals surface area (Å²) in [6.07, 6.45) is -0.183. The van der Waals surface area contributed by atoms with E-state index in [1.165, 1.54) is 0 Å². The molecule has 2 aliphatic rings. The average Bonchev–Trinajstić information content (AvgIpc) is 2.97. The number of benzene rings is 2. The zero-order chi connectivity index (χ0) is 20.2. The van der Waals surface area contributed by atoms with Gasteiger partial charge in [0.15, 0.2) is 0 Å². The Hall–Kier alpha value is -1.63. The van der Waals surface area contributed by atoms with Crippen LogP contribution in [0.2, 0.25) is 5.02 Å². The molecule has 2 heterocycles. The average molecular weight is 419 g/mol. The van der Waals surface area contributed by atoms with Crippen molar-refractivity contribution < 1.29 is 24.1 Å². The molecule has 2 aromatic rings. The van der Waals surface area contributed by atoms with E-state index in [4.69, 9.17) is 30.5 Å². The van der Waals surface area contributed by atoms with Gasteiger partial charge in [0.1, 0.15) is 18.0 Å². The van der Waals surface area contributed by atoms with E-state index < -0.39 is 6.10 Å². The number of halogens is 1. The van der Waals surface area contributed by atoms with Gasteiger partial charge in [-0.25, -0.2) is 0 Å². The Bertz CT molecular complexity index is 809. The van der Waals surface area contributed by atoms with Crippen LogP contribution in [-0.2, 0) is 20.6 Å². The van der Waals surface area contributed by atoms with Crippen molar-refractivity contribution in [2.75, 3.05) is 26.4 Å². The number of fused-ring (bicyclic) bond motifs is 1. The van der Waals surface area contributed by atoms with Crippen LogP contribution < -0.4 is 4.74 Å². The lowest BCUT2D eigenvalue weighted by Crippen LogP contribution is -2.48. The molecule has 4 rings (SSSR count). The molecule has 156 valence electrons. The zero-order valence-corrected chi connectivity index (χ0v) is 17.3. The molecule has 0 amide bonds.